The third-order valence-electron chi connectivity index (χ3n) is 3.45. The molecule has 88 valence electrons. The highest BCUT2D eigenvalue weighted by atomic mass is 15.2. The summed E-state index contributed by atoms with van der Waals surface area (Å²) in [6.07, 6.45) is 0. The summed E-state index contributed by atoms with van der Waals surface area (Å²) in [6, 6.07) is 11.6. The number of nitrogens with zero attached hydrogens (tertiary/aromatic N) is 1. The topological polar surface area (TPSA) is 41.3 Å². The van der Waals surface area contributed by atoms with Gasteiger partial charge >= 0.3 is 0 Å². The molecular weight excluding hydrogens is 198 g/mol. The predicted octanol–water partition coefficient (Wildman–Crippen LogP) is 0.980. The minimum atomic E-state index is 0.455. The maximum Gasteiger partial charge on any atom is 0.0349 e. The molecular formula is C13H21N3. The molecule has 1 heterocycles. The molecule has 0 radical (unpaired) electrons. The van der Waals surface area contributed by atoms with E-state index in [0.717, 1.165) is 26.2 Å². The van der Waals surface area contributed by atoms with Crippen LogP contribution in [0.5, 0.6) is 0 Å². The molecule has 1 saturated heterocycles. The van der Waals surface area contributed by atoms with E-state index >= 15 is 0 Å². The molecule has 16 heavy (non-hydrogen) atoms. The maximum atomic E-state index is 5.83. The minimum Gasteiger partial charge on any atom is -0.329 e. The molecule has 2 unspecified atom stereocenters. The van der Waals surface area contributed by atoms with Crippen molar-refractivity contribution in [2.45, 2.75) is 19.0 Å². The zero-order chi connectivity index (χ0) is 11.4. The third-order valence-corrected chi connectivity index (χ3v) is 3.45. The molecule has 3 N–H and O–H groups in total. The van der Waals surface area contributed by atoms with E-state index < -0.39 is 0 Å². The Balaban J connectivity index is 2.10. The molecule has 0 aromatic heterocycles. The summed E-state index contributed by atoms with van der Waals surface area (Å²) in [5.41, 5.74) is 7.21. The lowest BCUT2D eigenvalue weighted by molar-refractivity contribution is 0.119. The van der Waals surface area contributed by atoms with Crippen molar-refractivity contribution in [1.29, 1.82) is 0 Å². The van der Waals surface area contributed by atoms with Gasteiger partial charge < -0.3 is 11.1 Å². The van der Waals surface area contributed by atoms with Crippen molar-refractivity contribution in [2.75, 3.05) is 26.2 Å². The van der Waals surface area contributed by atoms with Crippen LogP contribution in [0.4, 0.5) is 0 Å². The molecule has 0 spiro atoms. The Morgan fingerprint density at radius 1 is 1.44 bits per heavy atom. The van der Waals surface area contributed by atoms with Crippen LogP contribution in [0.3, 0.4) is 0 Å². The van der Waals surface area contributed by atoms with Crippen LogP contribution in [-0.4, -0.2) is 37.1 Å². The van der Waals surface area contributed by atoms with E-state index in [9.17, 15) is 0 Å². The summed E-state index contributed by atoms with van der Waals surface area (Å²) in [4.78, 5) is 2.51. The van der Waals surface area contributed by atoms with Crippen molar-refractivity contribution in [3.63, 3.8) is 0 Å². The van der Waals surface area contributed by atoms with Crippen molar-refractivity contribution in [1.82, 2.24) is 10.2 Å². The minimum absolute atomic E-state index is 0.455. The molecule has 1 aromatic carbocycles. The van der Waals surface area contributed by atoms with Gasteiger partial charge in [-0.05, 0) is 12.5 Å². The molecule has 1 aliphatic heterocycles. The summed E-state index contributed by atoms with van der Waals surface area (Å²) in [5.74, 6) is 0. The van der Waals surface area contributed by atoms with Gasteiger partial charge in [0.05, 0.1) is 0 Å². The average molecular weight is 219 g/mol. The lowest BCUT2D eigenvalue weighted by atomic mass is 10.0. The Bertz CT molecular complexity index is 312. The molecule has 1 fully saturated rings. The Morgan fingerprint density at radius 2 is 2.19 bits per heavy atom. The molecule has 2 atom stereocenters. The number of rotatable bonds is 3. The van der Waals surface area contributed by atoms with E-state index in [-0.39, 0.29) is 0 Å². The number of benzene rings is 1. The van der Waals surface area contributed by atoms with Gasteiger partial charge in [0.15, 0.2) is 0 Å². The van der Waals surface area contributed by atoms with Crippen LogP contribution < -0.4 is 11.1 Å². The average Bonchev–Trinajstić information content (AvgIpc) is 2.39. The summed E-state index contributed by atoms with van der Waals surface area (Å²) >= 11 is 0. The Kier molecular flexibility index (Phi) is 3.93. The van der Waals surface area contributed by atoms with Gasteiger partial charge in [0.2, 0.25) is 0 Å². The van der Waals surface area contributed by atoms with E-state index in [1.807, 2.05) is 0 Å². The van der Waals surface area contributed by atoms with Crippen LogP contribution in [-0.2, 0) is 0 Å². The number of piperazine rings is 1. The fraction of sp³-hybridized carbons (Fsp3) is 0.538. The largest absolute Gasteiger partial charge is 0.329 e. The van der Waals surface area contributed by atoms with Gasteiger partial charge in [0.1, 0.15) is 0 Å². The molecule has 3 heteroatoms. The van der Waals surface area contributed by atoms with Crippen LogP contribution in [0.1, 0.15) is 18.5 Å². The highest BCUT2D eigenvalue weighted by Gasteiger charge is 2.25. The molecule has 0 saturated carbocycles. The third kappa shape index (κ3) is 2.43. The first-order valence-corrected chi connectivity index (χ1v) is 6.04. The zero-order valence-electron chi connectivity index (χ0n) is 9.89. The van der Waals surface area contributed by atoms with Gasteiger partial charge in [-0.1, -0.05) is 30.3 Å². The van der Waals surface area contributed by atoms with Gasteiger partial charge in [-0.3, -0.25) is 4.90 Å². The Labute approximate surface area is 97.6 Å². The van der Waals surface area contributed by atoms with E-state index in [1.54, 1.807) is 0 Å². The van der Waals surface area contributed by atoms with Crippen LogP contribution in [0.2, 0.25) is 0 Å². The van der Waals surface area contributed by atoms with E-state index in [2.05, 4.69) is 47.5 Å². The van der Waals surface area contributed by atoms with E-state index in [0.29, 0.717) is 12.1 Å². The first kappa shape index (κ1) is 11.6. The highest BCUT2D eigenvalue weighted by molar-refractivity contribution is 5.18. The number of hydrogen-bond donors (Lipinski definition) is 2. The van der Waals surface area contributed by atoms with Crippen LogP contribution in [0.25, 0.3) is 0 Å². The first-order chi connectivity index (χ1) is 7.83. The second-order valence-electron chi connectivity index (χ2n) is 4.42. The van der Waals surface area contributed by atoms with Crippen molar-refractivity contribution in [3.05, 3.63) is 35.9 Å². The lowest BCUT2D eigenvalue weighted by Gasteiger charge is -2.39. The van der Waals surface area contributed by atoms with Gasteiger partial charge in [0.25, 0.3) is 0 Å². The van der Waals surface area contributed by atoms with Crippen LogP contribution in [0.15, 0.2) is 30.3 Å². The van der Waals surface area contributed by atoms with Crippen LogP contribution >= 0.6 is 0 Å². The van der Waals surface area contributed by atoms with Gasteiger partial charge in [-0.15, -0.1) is 0 Å². The molecule has 1 aliphatic rings. The van der Waals surface area contributed by atoms with Gasteiger partial charge in [-0.2, -0.15) is 0 Å². The molecule has 3 nitrogen and oxygen atoms in total. The van der Waals surface area contributed by atoms with Gasteiger partial charge in [0, 0.05) is 38.3 Å². The molecule has 1 aromatic rings. The Morgan fingerprint density at radius 3 is 2.88 bits per heavy atom. The molecule has 2 rings (SSSR count). The summed E-state index contributed by atoms with van der Waals surface area (Å²) < 4.78 is 0. The summed E-state index contributed by atoms with van der Waals surface area (Å²) in [6.45, 7) is 6.15. The lowest BCUT2D eigenvalue weighted by Crippen LogP contribution is -2.54. The zero-order valence-corrected chi connectivity index (χ0v) is 9.89. The van der Waals surface area contributed by atoms with E-state index in [1.165, 1.54) is 5.56 Å². The Hall–Kier alpha value is -0.900. The molecule has 0 bridgehead atoms. The van der Waals surface area contributed by atoms with Crippen molar-refractivity contribution in [3.8, 4) is 0 Å². The summed E-state index contributed by atoms with van der Waals surface area (Å²) in [7, 11) is 0. The fourth-order valence-electron chi connectivity index (χ4n) is 2.43. The van der Waals surface area contributed by atoms with Gasteiger partial charge in [-0.25, -0.2) is 0 Å². The molecule has 0 amide bonds. The highest BCUT2D eigenvalue weighted by Crippen LogP contribution is 2.22. The van der Waals surface area contributed by atoms with Crippen molar-refractivity contribution < 1.29 is 0 Å². The van der Waals surface area contributed by atoms with Crippen LogP contribution in [0, 0.1) is 0 Å². The monoisotopic (exact) mass is 219 g/mol. The normalized spacial score (nSPS) is 24.2. The fourth-order valence-corrected chi connectivity index (χ4v) is 2.43. The van der Waals surface area contributed by atoms with Crippen molar-refractivity contribution >= 4 is 0 Å². The van der Waals surface area contributed by atoms with E-state index in [4.69, 9.17) is 5.73 Å². The smallest absolute Gasteiger partial charge is 0.0349 e. The second-order valence-corrected chi connectivity index (χ2v) is 4.42. The maximum absolute atomic E-state index is 5.83. The number of hydrogen-bond acceptors (Lipinski definition) is 3. The quantitative estimate of drug-likeness (QED) is 0.796. The number of nitrogens with two attached hydrogens (primary N) is 1. The standard InChI is InChI=1S/C13H21N3/c1-11(12-5-3-2-4-6-12)16-8-7-15-10-13(16)9-14/h2-6,11,13,15H,7-10,14H2,1H3. The number of nitrogens with one attached hydrogen (secondary N) is 1. The molecule has 0 aliphatic carbocycles. The summed E-state index contributed by atoms with van der Waals surface area (Å²) in [5, 5.41) is 3.40. The SMILES string of the molecule is CC(c1ccccc1)N1CCNCC1CN. The van der Waals surface area contributed by atoms with Crippen molar-refractivity contribution in [2.24, 2.45) is 5.73 Å². The predicted molar refractivity (Wildman–Crippen MR) is 67.3 cm³/mol. The first-order valence-electron chi connectivity index (χ1n) is 6.04. The second kappa shape index (κ2) is 5.43.